The highest BCUT2D eigenvalue weighted by Crippen LogP contribution is 2.33. The van der Waals surface area contributed by atoms with Crippen LogP contribution in [0.15, 0.2) is 29.3 Å². The minimum absolute atomic E-state index is 0.183. The van der Waals surface area contributed by atoms with Crippen LogP contribution in [0.2, 0.25) is 0 Å². The van der Waals surface area contributed by atoms with E-state index in [-0.39, 0.29) is 11.1 Å². The number of hydrogen-bond acceptors (Lipinski definition) is 3. The quantitative estimate of drug-likeness (QED) is 0.814. The molecule has 2 heterocycles. The molecule has 0 radical (unpaired) electrons. The number of anilines is 1. The van der Waals surface area contributed by atoms with E-state index in [1.165, 1.54) is 31.2 Å². The first-order valence-corrected chi connectivity index (χ1v) is 10.8. The highest BCUT2D eigenvalue weighted by Gasteiger charge is 2.46. The van der Waals surface area contributed by atoms with E-state index in [0.29, 0.717) is 18.4 Å². The number of carbonyl (C=O) groups is 1. The van der Waals surface area contributed by atoms with Crippen molar-refractivity contribution in [3.63, 3.8) is 0 Å². The second-order valence-corrected chi connectivity index (χ2v) is 9.77. The average Bonchev–Trinajstić information content (AvgIpc) is 3.27. The van der Waals surface area contributed by atoms with Crippen molar-refractivity contribution in [2.24, 2.45) is 10.9 Å². The fraction of sp³-hybridized carbons (Fsp3) is 0.652. The van der Waals surface area contributed by atoms with Crippen molar-refractivity contribution in [3.8, 4) is 0 Å². The summed E-state index contributed by atoms with van der Waals surface area (Å²) in [5, 5.41) is 7.41. The first kappa shape index (κ1) is 19.4. The van der Waals surface area contributed by atoms with E-state index in [4.69, 9.17) is 4.99 Å². The lowest BCUT2D eigenvalue weighted by molar-refractivity contribution is -0.131. The summed E-state index contributed by atoms with van der Waals surface area (Å²) < 4.78 is 0. The van der Waals surface area contributed by atoms with Gasteiger partial charge in [0.05, 0.1) is 11.1 Å². The summed E-state index contributed by atoms with van der Waals surface area (Å²) in [6.45, 7) is 8.68. The Kier molecular flexibility index (Phi) is 5.21. The molecule has 0 aromatic heterocycles. The van der Waals surface area contributed by atoms with Crippen LogP contribution in [0.4, 0.5) is 5.69 Å². The number of amides is 1. The number of nitrogens with zero attached hydrogens (tertiary/aromatic N) is 2. The van der Waals surface area contributed by atoms with Gasteiger partial charge in [0.15, 0.2) is 0 Å². The molecule has 1 saturated heterocycles. The molecular formula is C23H34N4O. The molecular weight excluding hydrogens is 348 g/mol. The molecule has 1 amide bonds. The van der Waals surface area contributed by atoms with Crippen LogP contribution in [0.5, 0.6) is 0 Å². The van der Waals surface area contributed by atoms with E-state index >= 15 is 0 Å². The lowest BCUT2D eigenvalue weighted by Gasteiger charge is -2.32. The highest BCUT2D eigenvalue weighted by atomic mass is 16.2. The molecule has 0 unspecified atom stereocenters. The molecule has 2 fully saturated rings. The Morgan fingerprint density at radius 1 is 1.25 bits per heavy atom. The molecule has 1 saturated carbocycles. The number of benzene rings is 1. The van der Waals surface area contributed by atoms with Gasteiger partial charge in [-0.3, -0.25) is 15.1 Å². The third-order valence-corrected chi connectivity index (χ3v) is 6.35. The number of amidine groups is 1. The number of nitrogens with one attached hydrogen (secondary N) is 2. The standard InChI is InChI=1S/C23H34N4O/c1-22(2,3)26-21-23(24-15-18-10-6-7-11-19(18)25-21)12-13-27(16-23)20(28)14-17-8-4-5-9-17/h6-7,10-11,17,24H,4-5,8-9,12-16H2,1-3H3,(H,25,26)/t23-/m1/s1. The molecule has 28 heavy (non-hydrogen) atoms. The predicted octanol–water partition coefficient (Wildman–Crippen LogP) is 3.95. The fourth-order valence-corrected chi connectivity index (χ4v) is 4.81. The second kappa shape index (κ2) is 7.51. The number of likely N-dealkylation sites (tertiary alicyclic amines) is 1. The van der Waals surface area contributed by atoms with Crippen LogP contribution in [0, 0.1) is 5.92 Å². The van der Waals surface area contributed by atoms with E-state index in [2.05, 4.69) is 60.6 Å². The Hall–Kier alpha value is -1.88. The monoisotopic (exact) mass is 382 g/mol. The van der Waals surface area contributed by atoms with Gasteiger partial charge in [-0.2, -0.15) is 0 Å². The van der Waals surface area contributed by atoms with Crippen LogP contribution in [0.25, 0.3) is 0 Å². The lowest BCUT2D eigenvalue weighted by Crippen LogP contribution is -2.56. The summed E-state index contributed by atoms with van der Waals surface area (Å²) in [6.07, 6.45) is 6.63. The summed E-state index contributed by atoms with van der Waals surface area (Å²) in [4.78, 5) is 20.1. The topological polar surface area (TPSA) is 56.7 Å². The highest BCUT2D eigenvalue weighted by molar-refractivity contribution is 6.04. The van der Waals surface area contributed by atoms with Crippen LogP contribution in [0.3, 0.4) is 0 Å². The predicted molar refractivity (Wildman–Crippen MR) is 115 cm³/mol. The minimum atomic E-state index is -0.294. The molecule has 1 aromatic carbocycles. The van der Waals surface area contributed by atoms with Crippen LogP contribution in [-0.4, -0.2) is 40.8 Å². The van der Waals surface area contributed by atoms with Gasteiger partial charge in [0, 0.05) is 31.7 Å². The van der Waals surface area contributed by atoms with Crippen LogP contribution < -0.4 is 10.6 Å². The Morgan fingerprint density at radius 3 is 2.75 bits per heavy atom. The van der Waals surface area contributed by atoms with Gasteiger partial charge in [-0.15, -0.1) is 0 Å². The zero-order valence-corrected chi connectivity index (χ0v) is 17.6. The van der Waals surface area contributed by atoms with Gasteiger partial charge in [0.1, 0.15) is 5.84 Å². The van der Waals surface area contributed by atoms with E-state index < -0.39 is 0 Å². The average molecular weight is 383 g/mol. The molecule has 2 aliphatic heterocycles. The fourth-order valence-electron chi connectivity index (χ4n) is 4.81. The third-order valence-electron chi connectivity index (χ3n) is 6.35. The van der Waals surface area contributed by atoms with Crippen molar-refractivity contribution < 1.29 is 4.79 Å². The summed E-state index contributed by atoms with van der Waals surface area (Å²) in [5.74, 6) is 1.89. The first-order valence-electron chi connectivity index (χ1n) is 10.8. The van der Waals surface area contributed by atoms with Gasteiger partial charge in [-0.05, 0) is 57.6 Å². The van der Waals surface area contributed by atoms with Crippen molar-refractivity contribution in [3.05, 3.63) is 29.8 Å². The second-order valence-electron chi connectivity index (χ2n) is 9.77. The smallest absolute Gasteiger partial charge is 0.222 e. The third kappa shape index (κ3) is 4.09. The number of aliphatic imine (C=N–C) groups is 1. The molecule has 152 valence electrons. The van der Waals surface area contributed by atoms with Crippen molar-refractivity contribution in [2.75, 3.05) is 18.4 Å². The van der Waals surface area contributed by atoms with Crippen LogP contribution >= 0.6 is 0 Å². The number of para-hydroxylation sites is 1. The van der Waals surface area contributed by atoms with E-state index in [1.54, 1.807) is 0 Å². The number of carbonyl (C=O) groups excluding carboxylic acids is 1. The maximum atomic E-state index is 13.0. The summed E-state index contributed by atoms with van der Waals surface area (Å²) >= 11 is 0. The summed E-state index contributed by atoms with van der Waals surface area (Å²) in [7, 11) is 0. The molecule has 1 aromatic rings. The van der Waals surface area contributed by atoms with Gasteiger partial charge >= 0.3 is 0 Å². The van der Waals surface area contributed by atoms with E-state index in [1.807, 2.05) is 0 Å². The van der Waals surface area contributed by atoms with E-state index in [0.717, 1.165) is 37.5 Å². The molecule has 1 spiro atoms. The largest absolute Gasteiger partial charge is 0.342 e. The van der Waals surface area contributed by atoms with Crippen molar-refractivity contribution >= 4 is 17.4 Å². The normalized spacial score (nSPS) is 27.1. The van der Waals surface area contributed by atoms with Crippen molar-refractivity contribution in [1.82, 2.24) is 10.2 Å². The summed E-state index contributed by atoms with van der Waals surface area (Å²) in [5.41, 5.74) is 1.89. The van der Waals surface area contributed by atoms with E-state index in [9.17, 15) is 4.79 Å². The number of rotatable bonds is 2. The number of fused-ring (bicyclic) bond motifs is 1. The molecule has 1 aliphatic carbocycles. The van der Waals surface area contributed by atoms with Gasteiger partial charge in [-0.1, -0.05) is 31.0 Å². The molecule has 5 heteroatoms. The van der Waals surface area contributed by atoms with Crippen LogP contribution in [-0.2, 0) is 11.3 Å². The zero-order valence-electron chi connectivity index (χ0n) is 17.6. The van der Waals surface area contributed by atoms with Crippen molar-refractivity contribution in [1.29, 1.82) is 0 Å². The molecule has 5 nitrogen and oxygen atoms in total. The Balaban J connectivity index is 1.57. The van der Waals surface area contributed by atoms with Gasteiger partial charge in [0.25, 0.3) is 0 Å². The SMILES string of the molecule is CC(C)(C)N=C1Nc2ccccc2CN[C@@]12CCN(C(=O)CC1CCCC1)C2. The number of hydrogen-bond donors (Lipinski definition) is 2. The van der Waals surface area contributed by atoms with Crippen molar-refractivity contribution in [2.45, 2.75) is 76.9 Å². The van der Waals surface area contributed by atoms with Gasteiger partial charge in [-0.25, -0.2) is 0 Å². The molecule has 2 N–H and O–H groups in total. The minimum Gasteiger partial charge on any atom is -0.342 e. The zero-order chi connectivity index (χ0) is 19.8. The van der Waals surface area contributed by atoms with Crippen LogP contribution in [0.1, 0.15) is 64.9 Å². The Labute approximate surface area is 169 Å². The first-order chi connectivity index (χ1) is 13.3. The maximum Gasteiger partial charge on any atom is 0.222 e. The molecule has 3 aliphatic rings. The molecule has 1 atom stereocenters. The Bertz CT molecular complexity index is 760. The molecule has 4 rings (SSSR count). The van der Waals surface area contributed by atoms with Gasteiger partial charge < -0.3 is 10.2 Å². The molecule has 0 bridgehead atoms. The lowest BCUT2D eigenvalue weighted by atomic mass is 9.95. The summed E-state index contributed by atoms with van der Waals surface area (Å²) in [6, 6.07) is 8.41. The Morgan fingerprint density at radius 2 is 2.00 bits per heavy atom. The maximum absolute atomic E-state index is 13.0. The van der Waals surface area contributed by atoms with Gasteiger partial charge in [0.2, 0.25) is 5.91 Å².